The summed E-state index contributed by atoms with van der Waals surface area (Å²) in [4.78, 5) is 0. The number of nitrogens with two attached hydrogens (primary N) is 1. The molecule has 0 amide bonds. The fourth-order valence-corrected chi connectivity index (χ4v) is 2.00. The van der Waals surface area contributed by atoms with Crippen LogP contribution in [0.25, 0.3) is 0 Å². The van der Waals surface area contributed by atoms with E-state index in [4.69, 9.17) is 5.73 Å². The summed E-state index contributed by atoms with van der Waals surface area (Å²) < 4.78 is 43.0. The van der Waals surface area contributed by atoms with Crippen molar-refractivity contribution in [1.82, 2.24) is 9.78 Å². The van der Waals surface area contributed by atoms with Gasteiger partial charge in [0.25, 0.3) is 0 Å². The molecule has 20 heavy (non-hydrogen) atoms. The van der Waals surface area contributed by atoms with E-state index >= 15 is 0 Å². The molecule has 0 unspecified atom stereocenters. The van der Waals surface area contributed by atoms with E-state index in [0.29, 0.717) is 21.5 Å². The first-order valence-electron chi connectivity index (χ1n) is 5.60. The summed E-state index contributed by atoms with van der Waals surface area (Å²) in [6.45, 7) is 1.83. The SMILES string of the molecule is Cc1nn(Cc2ccccc2OC(F)(F)F)c(N)c1Br. The van der Waals surface area contributed by atoms with E-state index in [1.54, 1.807) is 13.0 Å². The van der Waals surface area contributed by atoms with E-state index in [0.717, 1.165) is 0 Å². The van der Waals surface area contributed by atoms with Crippen LogP contribution in [0, 0.1) is 6.92 Å². The van der Waals surface area contributed by atoms with Gasteiger partial charge in [-0.05, 0) is 28.9 Å². The Morgan fingerprint density at radius 3 is 2.55 bits per heavy atom. The van der Waals surface area contributed by atoms with Crippen LogP contribution in [0.4, 0.5) is 19.0 Å². The van der Waals surface area contributed by atoms with E-state index in [1.165, 1.54) is 22.9 Å². The van der Waals surface area contributed by atoms with Crippen LogP contribution < -0.4 is 10.5 Å². The highest BCUT2D eigenvalue weighted by Crippen LogP contribution is 2.29. The summed E-state index contributed by atoms with van der Waals surface area (Å²) in [5.41, 5.74) is 6.82. The molecule has 108 valence electrons. The molecule has 0 aliphatic rings. The van der Waals surface area contributed by atoms with E-state index in [1.807, 2.05) is 0 Å². The predicted octanol–water partition coefficient (Wildman–Crippen LogP) is 3.48. The number of aryl methyl sites for hydroxylation is 1. The summed E-state index contributed by atoms with van der Waals surface area (Å²) in [6.07, 6.45) is -4.73. The van der Waals surface area contributed by atoms with Crippen molar-refractivity contribution in [3.63, 3.8) is 0 Å². The average molecular weight is 350 g/mol. The molecule has 0 saturated carbocycles. The maximum absolute atomic E-state index is 12.3. The monoisotopic (exact) mass is 349 g/mol. The van der Waals surface area contributed by atoms with Crippen LogP contribution in [-0.4, -0.2) is 16.1 Å². The topological polar surface area (TPSA) is 53.1 Å². The Morgan fingerprint density at radius 1 is 1.35 bits per heavy atom. The van der Waals surface area contributed by atoms with E-state index in [9.17, 15) is 13.2 Å². The molecule has 0 radical (unpaired) electrons. The van der Waals surface area contributed by atoms with Crippen molar-refractivity contribution in [3.05, 3.63) is 40.0 Å². The minimum absolute atomic E-state index is 0.0878. The predicted molar refractivity (Wildman–Crippen MR) is 71.3 cm³/mol. The van der Waals surface area contributed by atoms with Crippen LogP contribution in [0.5, 0.6) is 5.75 Å². The van der Waals surface area contributed by atoms with Crippen LogP contribution in [0.3, 0.4) is 0 Å². The lowest BCUT2D eigenvalue weighted by molar-refractivity contribution is -0.274. The van der Waals surface area contributed by atoms with Crippen LogP contribution in [0.1, 0.15) is 11.3 Å². The first kappa shape index (κ1) is 14.7. The van der Waals surface area contributed by atoms with Crippen molar-refractivity contribution in [2.24, 2.45) is 0 Å². The van der Waals surface area contributed by atoms with Crippen molar-refractivity contribution in [2.75, 3.05) is 5.73 Å². The van der Waals surface area contributed by atoms with Crippen molar-refractivity contribution in [1.29, 1.82) is 0 Å². The molecule has 1 aromatic carbocycles. The smallest absolute Gasteiger partial charge is 0.405 e. The molecule has 0 bridgehead atoms. The summed E-state index contributed by atoms with van der Waals surface area (Å²) in [5.74, 6) is 0.0907. The molecule has 0 fully saturated rings. The Morgan fingerprint density at radius 2 is 2.00 bits per heavy atom. The van der Waals surface area contributed by atoms with Crippen molar-refractivity contribution in [2.45, 2.75) is 19.8 Å². The first-order chi connectivity index (χ1) is 9.28. The standard InChI is InChI=1S/C12H11BrF3N3O/c1-7-10(13)11(17)19(18-7)6-8-4-2-3-5-9(8)20-12(14,15)16/h2-5H,6,17H2,1H3. The molecule has 1 heterocycles. The zero-order valence-corrected chi connectivity index (χ0v) is 12.0. The summed E-state index contributed by atoms with van der Waals surface area (Å²) in [6, 6.07) is 5.88. The molecule has 2 aromatic rings. The van der Waals surface area contributed by atoms with Gasteiger partial charge in [0.1, 0.15) is 11.6 Å². The minimum atomic E-state index is -4.73. The van der Waals surface area contributed by atoms with E-state index in [2.05, 4.69) is 25.8 Å². The van der Waals surface area contributed by atoms with Crippen LogP contribution in [0.15, 0.2) is 28.7 Å². The van der Waals surface area contributed by atoms with Gasteiger partial charge in [0, 0.05) is 5.56 Å². The number of anilines is 1. The second-order valence-electron chi connectivity index (χ2n) is 4.10. The van der Waals surface area contributed by atoms with Gasteiger partial charge in [-0.25, -0.2) is 4.68 Å². The molecule has 4 nitrogen and oxygen atoms in total. The lowest BCUT2D eigenvalue weighted by Gasteiger charge is -2.13. The number of hydrogen-bond donors (Lipinski definition) is 1. The molecule has 0 aliphatic carbocycles. The molecule has 2 rings (SSSR count). The largest absolute Gasteiger partial charge is 0.573 e. The summed E-state index contributed by atoms with van der Waals surface area (Å²) in [7, 11) is 0. The number of halogens is 4. The molecule has 2 N–H and O–H groups in total. The van der Waals surface area contributed by atoms with Gasteiger partial charge >= 0.3 is 6.36 Å². The van der Waals surface area contributed by atoms with Crippen LogP contribution in [-0.2, 0) is 6.54 Å². The van der Waals surface area contributed by atoms with Gasteiger partial charge in [0.15, 0.2) is 0 Å². The number of nitrogen functional groups attached to an aromatic ring is 1. The number of aromatic nitrogens is 2. The molecule has 8 heteroatoms. The van der Waals surface area contributed by atoms with Gasteiger partial charge < -0.3 is 10.5 Å². The first-order valence-corrected chi connectivity index (χ1v) is 6.39. The second kappa shape index (κ2) is 5.35. The highest BCUT2D eigenvalue weighted by atomic mass is 79.9. The Kier molecular flexibility index (Phi) is 3.94. The number of hydrogen-bond acceptors (Lipinski definition) is 3. The molecule has 0 spiro atoms. The molecule has 1 aromatic heterocycles. The van der Waals surface area contributed by atoms with Gasteiger partial charge in [-0.3, -0.25) is 0 Å². The molecule has 0 atom stereocenters. The molecular formula is C12H11BrF3N3O. The third-order valence-electron chi connectivity index (χ3n) is 2.61. The number of ether oxygens (including phenoxy) is 1. The van der Waals surface area contributed by atoms with Crippen molar-refractivity contribution < 1.29 is 17.9 Å². The third kappa shape index (κ3) is 3.24. The maximum Gasteiger partial charge on any atom is 0.573 e. The minimum Gasteiger partial charge on any atom is -0.405 e. The quantitative estimate of drug-likeness (QED) is 0.922. The normalized spacial score (nSPS) is 11.7. The van der Waals surface area contributed by atoms with E-state index in [-0.39, 0.29) is 12.3 Å². The molecular weight excluding hydrogens is 339 g/mol. The van der Waals surface area contributed by atoms with Crippen molar-refractivity contribution in [3.8, 4) is 5.75 Å². The number of nitrogens with zero attached hydrogens (tertiary/aromatic N) is 2. The Bertz CT molecular complexity index is 625. The third-order valence-corrected chi connectivity index (χ3v) is 3.59. The van der Waals surface area contributed by atoms with Gasteiger partial charge in [-0.2, -0.15) is 5.10 Å². The fourth-order valence-electron chi connectivity index (χ4n) is 1.72. The zero-order valence-electron chi connectivity index (χ0n) is 10.4. The highest BCUT2D eigenvalue weighted by molar-refractivity contribution is 9.10. The molecule has 0 aliphatic heterocycles. The number of para-hydroxylation sites is 1. The Balaban J connectivity index is 2.32. The van der Waals surface area contributed by atoms with E-state index < -0.39 is 6.36 Å². The van der Waals surface area contributed by atoms with Crippen LogP contribution in [0.2, 0.25) is 0 Å². The zero-order chi connectivity index (χ0) is 14.9. The summed E-state index contributed by atoms with van der Waals surface area (Å²) >= 11 is 3.26. The average Bonchev–Trinajstić information content (AvgIpc) is 2.58. The van der Waals surface area contributed by atoms with Gasteiger partial charge in [-0.1, -0.05) is 18.2 Å². The van der Waals surface area contributed by atoms with Gasteiger partial charge in [0.2, 0.25) is 0 Å². The second-order valence-corrected chi connectivity index (χ2v) is 4.89. The Hall–Kier alpha value is -1.70. The highest BCUT2D eigenvalue weighted by Gasteiger charge is 2.32. The lowest BCUT2D eigenvalue weighted by atomic mass is 10.2. The maximum atomic E-state index is 12.3. The fraction of sp³-hybridized carbons (Fsp3) is 0.250. The molecule has 0 saturated heterocycles. The number of rotatable bonds is 3. The number of alkyl halides is 3. The van der Waals surface area contributed by atoms with Crippen LogP contribution >= 0.6 is 15.9 Å². The van der Waals surface area contributed by atoms with Crippen molar-refractivity contribution >= 4 is 21.7 Å². The Labute approximate surface area is 121 Å². The number of benzene rings is 1. The van der Waals surface area contributed by atoms with Gasteiger partial charge in [0.05, 0.1) is 16.7 Å². The lowest BCUT2D eigenvalue weighted by Crippen LogP contribution is -2.18. The van der Waals surface area contributed by atoms with Gasteiger partial charge in [-0.15, -0.1) is 13.2 Å². The summed E-state index contributed by atoms with van der Waals surface area (Å²) in [5, 5.41) is 4.15.